The molecule has 0 aliphatic carbocycles. The van der Waals surface area contributed by atoms with Crippen LogP contribution in [0, 0.1) is 5.41 Å². The lowest BCUT2D eigenvalue weighted by molar-refractivity contribution is -0.660. The van der Waals surface area contributed by atoms with Gasteiger partial charge in [0.2, 0.25) is 5.69 Å². The Morgan fingerprint density at radius 2 is 1.78 bits per heavy atom. The van der Waals surface area contributed by atoms with Gasteiger partial charge in [0.25, 0.3) is 0 Å². The molecule has 1 nitrogen and oxygen atoms in total. The monoisotopic (exact) mass is 242 g/mol. The molecule has 1 aromatic heterocycles. The van der Waals surface area contributed by atoms with Crippen molar-refractivity contribution in [3.63, 3.8) is 0 Å². The number of pyridine rings is 1. The van der Waals surface area contributed by atoms with Gasteiger partial charge in [-0.2, -0.15) is 0 Å². The summed E-state index contributed by atoms with van der Waals surface area (Å²) in [4.78, 5) is 0. The van der Waals surface area contributed by atoms with Crippen LogP contribution in [0.25, 0.3) is 11.3 Å². The lowest BCUT2D eigenvalue weighted by atomic mass is 9.88. The Hall–Kier alpha value is -1.63. The summed E-state index contributed by atoms with van der Waals surface area (Å²) in [5.74, 6) is 0. The summed E-state index contributed by atoms with van der Waals surface area (Å²) < 4.78 is 18.8. The first kappa shape index (κ1) is 10.3. The highest BCUT2D eigenvalue weighted by molar-refractivity contribution is 5.56. The molecule has 1 heterocycles. The fourth-order valence-electron chi connectivity index (χ4n) is 1.98. The number of rotatable bonds is 2. The molecule has 2 aromatic rings. The van der Waals surface area contributed by atoms with Gasteiger partial charge in [0.05, 0.1) is 0 Å². The number of aryl methyl sites for hydroxylation is 1. The molecular weight excluding hydrogens is 218 g/mol. The van der Waals surface area contributed by atoms with Crippen molar-refractivity contribution < 1.29 is 7.31 Å². The van der Waals surface area contributed by atoms with Crippen LogP contribution in [0.1, 0.15) is 29.1 Å². The molecule has 0 saturated carbocycles. The quantitative estimate of drug-likeness (QED) is 0.706. The van der Waals surface area contributed by atoms with E-state index < -0.39 is 11.8 Å². The number of nitrogens with zero attached hydrogens (tertiary/aromatic N) is 1. The molecule has 18 heavy (non-hydrogen) atoms. The van der Waals surface area contributed by atoms with Crippen LogP contribution >= 0.6 is 0 Å². The molecule has 94 valence electrons. The zero-order chi connectivity index (χ0) is 15.0. The first-order valence-electron chi connectivity index (χ1n) is 7.29. The van der Waals surface area contributed by atoms with Crippen molar-refractivity contribution in [3.8, 4) is 11.3 Å². The van der Waals surface area contributed by atoms with Gasteiger partial charge in [-0.15, -0.1) is 0 Å². The molecule has 0 spiro atoms. The van der Waals surface area contributed by atoms with Gasteiger partial charge >= 0.3 is 0 Å². The highest BCUT2D eigenvalue weighted by atomic mass is 14.9. The molecule has 0 amide bonds. The maximum absolute atomic E-state index is 8.41. The topological polar surface area (TPSA) is 3.88 Å². The van der Waals surface area contributed by atoms with E-state index in [4.69, 9.17) is 2.74 Å². The molecule has 0 aliphatic rings. The number of hydrogen-bond acceptors (Lipinski definition) is 0. The maximum Gasteiger partial charge on any atom is 0.212 e. The molecule has 0 saturated heterocycles. The van der Waals surface area contributed by atoms with E-state index in [-0.39, 0.29) is 0 Å². The van der Waals surface area contributed by atoms with Gasteiger partial charge in [-0.05, 0) is 29.5 Å². The SMILES string of the molecule is [2H]C([2H])(c1cc[n+](C)c(-c2ccccc2)c1)C(C)(C)C. The van der Waals surface area contributed by atoms with Crippen LogP contribution in [0.4, 0.5) is 0 Å². The Labute approximate surface area is 113 Å². The van der Waals surface area contributed by atoms with Crippen molar-refractivity contribution in [2.45, 2.75) is 27.1 Å². The molecule has 2 rings (SSSR count). The molecule has 0 atom stereocenters. The van der Waals surface area contributed by atoms with Crippen molar-refractivity contribution in [1.82, 2.24) is 0 Å². The summed E-state index contributed by atoms with van der Waals surface area (Å²) >= 11 is 0. The fourth-order valence-corrected chi connectivity index (χ4v) is 1.98. The van der Waals surface area contributed by atoms with Crippen LogP contribution in [0.3, 0.4) is 0 Å². The average Bonchev–Trinajstić information content (AvgIpc) is 2.38. The number of aromatic nitrogens is 1. The molecule has 0 fully saturated rings. The Morgan fingerprint density at radius 3 is 2.39 bits per heavy atom. The van der Waals surface area contributed by atoms with Gasteiger partial charge in [-0.1, -0.05) is 39.0 Å². The number of hydrogen-bond donors (Lipinski definition) is 0. The zero-order valence-electron chi connectivity index (χ0n) is 13.6. The smallest absolute Gasteiger partial charge is 0.201 e. The Morgan fingerprint density at radius 1 is 1.11 bits per heavy atom. The molecule has 0 aliphatic heterocycles. The normalized spacial score (nSPS) is 14.0. The fraction of sp³-hybridized carbons (Fsp3) is 0.353. The third-order valence-electron chi connectivity index (χ3n) is 2.74. The van der Waals surface area contributed by atoms with Gasteiger partial charge in [0, 0.05) is 20.4 Å². The van der Waals surface area contributed by atoms with Gasteiger partial charge in [0.15, 0.2) is 6.20 Å². The van der Waals surface area contributed by atoms with E-state index in [2.05, 4.69) is 0 Å². The number of benzene rings is 1. The zero-order valence-corrected chi connectivity index (χ0v) is 11.6. The third-order valence-corrected chi connectivity index (χ3v) is 2.74. The van der Waals surface area contributed by atoms with Crippen LogP contribution in [0.2, 0.25) is 0 Å². The maximum atomic E-state index is 8.41. The van der Waals surface area contributed by atoms with E-state index in [0.717, 1.165) is 16.8 Å². The molecule has 0 unspecified atom stereocenters. The minimum absolute atomic E-state index is 0.444. The van der Waals surface area contributed by atoms with Crippen molar-refractivity contribution in [2.75, 3.05) is 0 Å². The van der Waals surface area contributed by atoms with Gasteiger partial charge in [0.1, 0.15) is 7.05 Å². The standard InChI is InChI=1S/C17H22N/c1-17(2,3)13-14-10-11-18(4)16(12-14)15-8-6-5-7-9-15/h5-12H,13H2,1-4H3/q+1/i13D2. The summed E-state index contributed by atoms with van der Waals surface area (Å²) in [7, 11) is 1.98. The van der Waals surface area contributed by atoms with Crippen LogP contribution in [-0.2, 0) is 13.4 Å². The second-order valence-electron chi connectivity index (χ2n) is 5.65. The van der Waals surface area contributed by atoms with Crippen molar-refractivity contribution in [1.29, 1.82) is 0 Å². The summed E-state index contributed by atoms with van der Waals surface area (Å²) in [6.45, 7) is 5.80. The second-order valence-corrected chi connectivity index (χ2v) is 5.65. The van der Waals surface area contributed by atoms with Crippen molar-refractivity contribution >= 4 is 0 Å². The van der Waals surface area contributed by atoms with Crippen molar-refractivity contribution in [2.24, 2.45) is 12.5 Å². The molecule has 0 radical (unpaired) electrons. The molecular formula is C17H22N+. The van der Waals surface area contributed by atoms with E-state index in [0.29, 0.717) is 0 Å². The van der Waals surface area contributed by atoms with Gasteiger partial charge in [-0.3, -0.25) is 0 Å². The van der Waals surface area contributed by atoms with Gasteiger partial charge in [-0.25, -0.2) is 4.57 Å². The first-order valence-corrected chi connectivity index (χ1v) is 6.29. The second kappa shape index (κ2) is 4.93. The Kier molecular flexibility index (Phi) is 2.82. The minimum atomic E-state index is -1.37. The molecule has 0 N–H and O–H groups in total. The van der Waals surface area contributed by atoms with E-state index in [9.17, 15) is 0 Å². The lowest BCUT2D eigenvalue weighted by Gasteiger charge is -2.17. The van der Waals surface area contributed by atoms with Crippen LogP contribution in [-0.4, -0.2) is 0 Å². The first-order chi connectivity index (χ1) is 9.23. The summed E-state index contributed by atoms with van der Waals surface area (Å²) in [6.07, 6.45) is 0.562. The highest BCUT2D eigenvalue weighted by Crippen LogP contribution is 2.22. The van der Waals surface area contributed by atoms with Crippen LogP contribution in [0.15, 0.2) is 48.7 Å². The minimum Gasteiger partial charge on any atom is -0.201 e. The average molecular weight is 242 g/mol. The van der Waals surface area contributed by atoms with Crippen LogP contribution < -0.4 is 4.57 Å². The Balaban J connectivity index is 2.56. The molecule has 1 aromatic carbocycles. The molecule has 1 heteroatoms. The summed E-state index contributed by atoms with van der Waals surface area (Å²) in [5, 5.41) is 0. The third kappa shape index (κ3) is 3.19. The van der Waals surface area contributed by atoms with Crippen molar-refractivity contribution in [3.05, 3.63) is 54.2 Å². The largest absolute Gasteiger partial charge is 0.212 e. The molecule has 0 bridgehead atoms. The Bertz CT molecular complexity index is 598. The van der Waals surface area contributed by atoms with E-state index in [1.807, 2.05) is 81.0 Å². The predicted octanol–water partition coefficient (Wildman–Crippen LogP) is 3.77. The lowest BCUT2D eigenvalue weighted by Crippen LogP contribution is -2.30. The predicted molar refractivity (Wildman–Crippen MR) is 76.2 cm³/mol. The van der Waals surface area contributed by atoms with E-state index in [1.165, 1.54) is 0 Å². The summed E-state index contributed by atoms with van der Waals surface area (Å²) in [6, 6.07) is 13.9. The van der Waals surface area contributed by atoms with E-state index >= 15 is 0 Å². The van der Waals surface area contributed by atoms with Gasteiger partial charge < -0.3 is 0 Å². The van der Waals surface area contributed by atoms with E-state index in [1.54, 1.807) is 0 Å². The highest BCUT2D eigenvalue weighted by Gasteiger charge is 2.15. The van der Waals surface area contributed by atoms with Crippen LogP contribution in [0.5, 0.6) is 0 Å². The summed E-state index contributed by atoms with van der Waals surface area (Å²) in [5.41, 5.74) is 2.40.